The molecule has 0 aliphatic heterocycles. The summed E-state index contributed by atoms with van der Waals surface area (Å²) in [5.41, 5.74) is 2.87. The van der Waals surface area contributed by atoms with Crippen molar-refractivity contribution in [3.05, 3.63) is 70.3 Å². The van der Waals surface area contributed by atoms with Crippen LogP contribution in [0, 0.1) is 6.92 Å². The first-order valence-electron chi connectivity index (χ1n) is 8.79. The number of hydrogen-bond acceptors (Lipinski definition) is 4. The number of aryl methyl sites for hydroxylation is 1. The summed E-state index contributed by atoms with van der Waals surface area (Å²) in [4.78, 5) is 25.1. The smallest absolute Gasteiger partial charge is 0.341 e. The lowest BCUT2D eigenvalue weighted by Gasteiger charge is -2.08. The number of halogens is 1. The van der Waals surface area contributed by atoms with Crippen molar-refractivity contribution in [1.82, 2.24) is 0 Å². The molecular formula is C21H20ClN2O3S+. The fraction of sp³-hybridized carbons (Fsp3) is 0.190. The van der Waals surface area contributed by atoms with Crippen molar-refractivity contribution >= 4 is 39.8 Å². The second-order valence-corrected chi connectivity index (χ2v) is 7.42. The monoisotopic (exact) mass is 415 g/mol. The second-order valence-electron chi connectivity index (χ2n) is 6.10. The number of aromatic nitrogens is 1. The number of ether oxygens (including phenoxy) is 1. The molecule has 0 saturated carbocycles. The van der Waals surface area contributed by atoms with Gasteiger partial charge in [-0.05, 0) is 24.6 Å². The number of carbonyl (C=O) groups is 2. The van der Waals surface area contributed by atoms with E-state index in [1.165, 1.54) is 11.3 Å². The van der Waals surface area contributed by atoms with E-state index >= 15 is 0 Å². The number of pyridine rings is 1. The molecule has 0 atom stereocenters. The molecule has 2 heterocycles. The summed E-state index contributed by atoms with van der Waals surface area (Å²) in [6, 6.07) is 12.9. The van der Waals surface area contributed by atoms with Gasteiger partial charge in [-0.2, -0.15) is 4.57 Å². The van der Waals surface area contributed by atoms with E-state index in [9.17, 15) is 9.59 Å². The first-order valence-corrected chi connectivity index (χ1v) is 10.0. The van der Waals surface area contributed by atoms with Crippen molar-refractivity contribution < 1.29 is 18.9 Å². The van der Waals surface area contributed by atoms with Gasteiger partial charge >= 0.3 is 5.97 Å². The summed E-state index contributed by atoms with van der Waals surface area (Å²) in [7, 11) is 0. The van der Waals surface area contributed by atoms with Crippen LogP contribution in [0.25, 0.3) is 11.1 Å². The third-order valence-electron chi connectivity index (χ3n) is 4.16. The molecule has 0 aliphatic carbocycles. The van der Waals surface area contributed by atoms with Gasteiger partial charge in [0.15, 0.2) is 11.9 Å². The van der Waals surface area contributed by atoms with Gasteiger partial charge in [0.2, 0.25) is 6.54 Å². The number of carbonyl (C=O) groups excluding carboxylic acids is 2. The van der Waals surface area contributed by atoms with Crippen LogP contribution in [0.5, 0.6) is 0 Å². The third kappa shape index (κ3) is 4.58. The van der Waals surface area contributed by atoms with Gasteiger partial charge in [-0.1, -0.05) is 29.8 Å². The maximum atomic E-state index is 12.6. The molecule has 0 fully saturated rings. The molecule has 2 aromatic heterocycles. The molecular weight excluding hydrogens is 396 g/mol. The molecule has 0 saturated heterocycles. The quantitative estimate of drug-likeness (QED) is 0.477. The summed E-state index contributed by atoms with van der Waals surface area (Å²) in [5, 5.41) is 5.78. The third-order valence-corrected chi connectivity index (χ3v) is 5.31. The number of thiophene rings is 1. The largest absolute Gasteiger partial charge is 0.462 e. The Morgan fingerprint density at radius 3 is 2.61 bits per heavy atom. The first kappa shape index (κ1) is 20.0. The molecule has 7 heteroatoms. The highest BCUT2D eigenvalue weighted by atomic mass is 35.5. The number of rotatable bonds is 6. The molecule has 0 radical (unpaired) electrons. The number of hydrogen-bond donors (Lipinski definition) is 1. The molecule has 0 unspecified atom stereocenters. The minimum Gasteiger partial charge on any atom is -0.462 e. The highest BCUT2D eigenvalue weighted by Gasteiger charge is 2.24. The van der Waals surface area contributed by atoms with Gasteiger partial charge in [0.05, 0.1) is 6.61 Å². The molecule has 3 aromatic rings. The fourth-order valence-electron chi connectivity index (χ4n) is 2.76. The molecule has 3 rings (SSSR count). The number of esters is 1. The molecule has 144 valence electrons. The number of benzene rings is 1. The van der Waals surface area contributed by atoms with Crippen molar-refractivity contribution in [3.63, 3.8) is 0 Å². The van der Waals surface area contributed by atoms with Gasteiger partial charge in [0.1, 0.15) is 10.6 Å². The average Bonchev–Trinajstić information content (AvgIpc) is 3.08. The highest BCUT2D eigenvalue weighted by molar-refractivity contribution is 7.15. The lowest BCUT2D eigenvalue weighted by atomic mass is 10.0. The Bertz CT molecular complexity index is 999. The van der Waals surface area contributed by atoms with E-state index in [2.05, 4.69) is 5.32 Å². The number of nitrogens with one attached hydrogen (secondary N) is 1. The van der Waals surface area contributed by atoms with Gasteiger partial charge in [0.25, 0.3) is 5.91 Å². The highest BCUT2D eigenvalue weighted by Crippen LogP contribution is 2.36. The van der Waals surface area contributed by atoms with E-state index in [-0.39, 0.29) is 19.1 Å². The van der Waals surface area contributed by atoms with E-state index in [1.807, 2.05) is 53.4 Å². The van der Waals surface area contributed by atoms with Crippen LogP contribution in [0.4, 0.5) is 5.00 Å². The minimum atomic E-state index is -0.465. The van der Waals surface area contributed by atoms with Gasteiger partial charge in [-0.25, -0.2) is 4.79 Å². The molecule has 1 aromatic carbocycles. The van der Waals surface area contributed by atoms with Crippen LogP contribution in [0.2, 0.25) is 5.02 Å². The molecule has 0 spiro atoms. The lowest BCUT2D eigenvalue weighted by Crippen LogP contribution is -2.42. The predicted molar refractivity (Wildman–Crippen MR) is 111 cm³/mol. The summed E-state index contributed by atoms with van der Waals surface area (Å²) in [6.45, 7) is 4.09. The van der Waals surface area contributed by atoms with Crippen molar-refractivity contribution in [3.8, 4) is 11.1 Å². The van der Waals surface area contributed by atoms with Crippen LogP contribution < -0.4 is 9.88 Å². The standard InChI is InChI=1S/C21H19ClN2O3S/c1-3-27-21(26)19-17(15-7-9-16(22)10-8-15)13-28-20(19)23-18(25)12-24-11-5-4-6-14(24)2/h4-11,13H,3,12H2,1-2H3/p+1. The number of amides is 1. The SMILES string of the molecule is CCOC(=O)c1c(-c2ccc(Cl)cc2)csc1NC(=O)C[n+]1ccccc1C. The maximum absolute atomic E-state index is 12.6. The van der Waals surface area contributed by atoms with Crippen LogP contribution in [-0.4, -0.2) is 18.5 Å². The van der Waals surface area contributed by atoms with Crippen molar-refractivity contribution in [2.45, 2.75) is 20.4 Å². The summed E-state index contributed by atoms with van der Waals surface area (Å²) < 4.78 is 7.06. The van der Waals surface area contributed by atoms with Crippen LogP contribution in [0.15, 0.2) is 54.0 Å². The van der Waals surface area contributed by atoms with Crippen LogP contribution in [-0.2, 0) is 16.1 Å². The predicted octanol–water partition coefficient (Wildman–Crippen LogP) is 4.48. The summed E-state index contributed by atoms with van der Waals surface area (Å²) in [6.07, 6.45) is 1.84. The van der Waals surface area contributed by atoms with Crippen molar-refractivity contribution in [2.24, 2.45) is 0 Å². The first-order chi connectivity index (χ1) is 13.5. The normalized spacial score (nSPS) is 10.5. The van der Waals surface area contributed by atoms with Gasteiger partial charge in [-0.15, -0.1) is 11.3 Å². The van der Waals surface area contributed by atoms with E-state index in [1.54, 1.807) is 19.1 Å². The molecule has 0 bridgehead atoms. The molecule has 1 N–H and O–H groups in total. The summed E-state index contributed by atoms with van der Waals surface area (Å²) in [5.74, 6) is -0.679. The average molecular weight is 416 g/mol. The van der Waals surface area contributed by atoms with Crippen molar-refractivity contribution in [1.29, 1.82) is 0 Å². The molecule has 5 nitrogen and oxygen atoms in total. The fourth-order valence-corrected chi connectivity index (χ4v) is 3.86. The zero-order chi connectivity index (χ0) is 20.1. The van der Waals surface area contributed by atoms with Crippen LogP contribution in [0.1, 0.15) is 23.0 Å². The van der Waals surface area contributed by atoms with Gasteiger partial charge < -0.3 is 10.1 Å². The van der Waals surface area contributed by atoms with Gasteiger partial charge in [-0.3, -0.25) is 4.79 Å². The molecule has 1 amide bonds. The number of nitrogens with zero attached hydrogens (tertiary/aromatic N) is 1. The van der Waals surface area contributed by atoms with Gasteiger partial charge in [0, 0.05) is 35.0 Å². The Morgan fingerprint density at radius 2 is 1.93 bits per heavy atom. The molecule has 28 heavy (non-hydrogen) atoms. The Labute approximate surface area is 172 Å². The number of anilines is 1. The Morgan fingerprint density at radius 1 is 1.18 bits per heavy atom. The van der Waals surface area contributed by atoms with Crippen LogP contribution >= 0.6 is 22.9 Å². The lowest BCUT2D eigenvalue weighted by molar-refractivity contribution is -0.690. The Hall–Kier alpha value is -2.70. The minimum absolute atomic E-state index is 0.156. The van der Waals surface area contributed by atoms with E-state index < -0.39 is 5.97 Å². The Kier molecular flexibility index (Phi) is 6.44. The topological polar surface area (TPSA) is 59.3 Å². The van der Waals surface area contributed by atoms with Crippen molar-refractivity contribution in [2.75, 3.05) is 11.9 Å². The Balaban J connectivity index is 1.90. The maximum Gasteiger partial charge on any atom is 0.341 e. The van der Waals surface area contributed by atoms with E-state index in [0.717, 1.165) is 11.3 Å². The van der Waals surface area contributed by atoms with Crippen LogP contribution in [0.3, 0.4) is 0 Å². The zero-order valence-electron chi connectivity index (χ0n) is 15.6. The van der Waals surface area contributed by atoms with E-state index in [0.29, 0.717) is 21.2 Å². The second kappa shape index (κ2) is 8.99. The summed E-state index contributed by atoms with van der Waals surface area (Å²) >= 11 is 7.26. The van der Waals surface area contributed by atoms with E-state index in [4.69, 9.17) is 16.3 Å². The molecule has 0 aliphatic rings. The zero-order valence-corrected chi connectivity index (χ0v) is 17.1.